The van der Waals surface area contributed by atoms with Gasteiger partial charge in [-0.15, -0.1) is 11.8 Å². The molecule has 1 aromatic carbocycles. The Hall–Kier alpha value is -1.13. The highest BCUT2D eigenvalue weighted by molar-refractivity contribution is 7.99. The second-order valence-electron chi connectivity index (χ2n) is 4.74. The Bertz CT molecular complexity index is 534. The molecule has 0 spiro atoms. The maximum atomic E-state index is 4.42. The molecule has 1 atom stereocenters. The lowest BCUT2D eigenvalue weighted by Gasteiger charge is -2.14. The highest BCUT2D eigenvalue weighted by atomic mass is 32.2. The lowest BCUT2D eigenvalue weighted by atomic mass is 10.2. The van der Waals surface area contributed by atoms with Gasteiger partial charge in [-0.05, 0) is 31.9 Å². The Balaban J connectivity index is 1.77. The summed E-state index contributed by atoms with van der Waals surface area (Å²) < 4.78 is 0. The van der Waals surface area contributed by atoms with Gasteiger partial charge in [0.1, 0.15) is 11.4 Å². The smallest absolute Gasteiger partial charge is 0.117 e. The summed E-state index contributed by atoms with van der Waals surface area (Å²) >= 11 is 1.84. The molecule has 1 fully saturated rings. The monoisotopic (exact) mass is 259 g/mol. The quantitative estimate of drug-likeness (QED) is 0.662. The summed E-state index contributed by atoms with van der Waals surface area (Å²) in [5.74, 6) is 1.96. The number of para-hydroxylation sites is 1. The molecular formula is C14H17N3S. The van der Waals surface area contributed by atoms with Crippen molar-refractivity contribution in [2.75, 3.05) is 12.8 Å². The highest BCUT2D eigenvalue weighted by Gasteiger charge is 2.30. The van der Waals surface area contributed by atoms with Gasteiger partial charge in [-0.1, -0.05) is 18.2 Å². The Morgan fingerprint density at radius 2 is 2.17 bits per heavy atom. The molecule has 0 radical (unpaired) electrons. The summed E-state index contributed by atoms with van der Waals surface area (Å²) in [4.78, 5) is 8.71. The van der Waals surface area contributed by atoms with Gasteiger partial charge in [-0.3, -0.25) is 0 Å². The first-order valence-electron chi connectivity index (χ1n) is 6.38. The van der Waals surface area contributed by atoms with Crippen LogP contribution in [0.5, 0.6) is 0 Å². The Morgan fingerprint density at radius 1 is 1.33 bits per heavy atom. The van der Waals surface area contributed by atoms with Gasteiger partial charge in [-0.2, -0.15) is 0 Å². The summed E-state index contributed by atoms with van der Waals surface area (Å²) in [5, 5.41) is 5.68. The summed E-state index contributed by atoms with van der Waals surface area (Å²) in [7, 11) is 2.06. The first-order valence-corrected chi connectivity index (χ1v) is 7.37. The van der Waals surface area contributed by atoms with E-state index >= 15 is 0 Å². The van der Waals surface area contributed by atoms with Crippen LogP contribution in [0, 0.1) is 5.92 Å². The molecule has 1 aromatic heterocycles. The zero-order chi connectivity index (χ0) is 12.4. The molecule has 0 bridgehead atoms. The molecule has 1 aliphatic rings. The SMILES string of the molecule is CNC(CSc1ncnc2ccccc12)C1CC1. The van der Waals surface area contributed by atoms with E-state index in [1.807, 2.05) is 30.0 Å². The second kappa shape index (κ2) is 5.24. The molecule has 0 saturated heterocycles. The Morgan fingerprint density at radius 3 is 2.94 bits per heavy atom. The van der Waals surface area contributed by atoms with Gasteiger partial charge < -0.3 is 5.32 Å². The number of nitrogens with zero attached hydrogens (tertiary/aromatic N) is 2. The third-order valence-corrected chi connectivity index (χ3v) is 4.59. The topological polar surface area (TPSA) is 37.8 Å². The zero-order valence-corrected chi connectivity index (χ0v) is 11.3. The standard InChI is InChI=1S/C14H17N3S/c1-15-13(10-6-7-10)8-18-14-11-4-2-3-5-12(11)16-9-17-14/h2-5,9-10,13,15H,6-8H2,1H3. The summed E-state index contributed by atoms with van der Waals surface area (Å²) in [6, 6.07) is 8.82. The molecule has 1 heterocycles. The number of hydrogen-bond acceptors (Lipinski definition) is 4. The third kappa shape index (κ3) is 2.49. The van der Waals surface area contributed by atoms with Gasteiger partial charge in [0.25, 0.3) is 0 Å². The van der Waals surface area contributed by atoms with Gasteiger partial charge in [-0.25, -0.2) is 9.97 Å². The van der Waals surface area contributed by atoms with Gasteiger partial charge in [0.2, 0.25) is 0 Å². The molecule has 1 N–H and O–H groups in total. The molecule has 1 unspecified atom stereocenters. The summed E-state index contributed by atoms with van der Waals surface area (Å²) in [5.41, 5.74) is 1.03. The number of fused-ring (bicyclic) bond motifs is 1. The normalized spacial score (nSPS) is 16.9. The maximum Gasteiger partial charge on any atom is 0.117 e. The average Bonchev–Trinajstić information content (AvgIpc) is 3.24. The fraction of sp³-hybridized carbons (Fsp3) is 0.429. The highest BCUT2D eigenvalue weighted by Crippen LogP contribution is 2.35. The number of aromatic nitrogens is 2. The molecule has 3 rings (SSSR count). The minimum absolute atomic E-state index is 0.615. The number of thioether (sulfide) groups is 1. The number of hydrogen-bond donors (Lipinski definition) is 1. The molecule has 1 aliphatic carbocycles. The van der Waals surface area contributed by atoms with E-state index in [-0.39, 0.29) is 0 Å². The van der Waals surface area contributed by atoms with E-state index in [1.165, 1.54) is 12.8 Å². The molecule has 1 saturated carbocycles. The number of nitrogens with one attached hydrogen (secondary N) is 1. The van der Waals surface area contributed by atoms with Crippen molar-refractivity contribution in [2.24, 2.45) is 5.92 Å². The van der Waals surface area contributed by atoms with E-state index in [0.29, 0.717) is 6.04 Å². The van der Waals surface area contributed by atoms with Crippen LogP contribution in [0.1, 0.15) is 12.8 Å². The van der Waals surface area contributed by atoms with Crippen molar-refractivity contribution in [1.29, 1.82) is 0 Å². The van der Waals surface area contributed by atoms with Gasteiger partial charge in [0.15, 0.2) is 0 Å². The molecule has 94 valence electrons. The maximum absolute atomic E-state index is 4.42. The largest absolute Gasteiger partial charge is 0.316 e. The Kier molecular flexibility index (Phi) is 3.48. The Labute approximate surface area is 111 Å². The van der Waals surface area contributed by atoms with Crippen LogP contribution >= 0.6 is 11.8 Å². The minimum atomic E-state index is 0.615. The fourth-order valence-electron chi connectivity index (χ4n) is 2.22. The minimum Gasteiger partial charge on any atom is -0.316 e. The van der Waals surface area contributed by atoms with Crippen molar-refractivity contribution in [2.45, 2.75) is 23.9 Å². The van der Waals surface area contributed by atoms with Crippen molar-refractivity contribution >= 4 is 22.7 Å². The van der Waals surface area contributed by atoms with Gasteiger partial charge >= 0.3 is 0 Å². The number of benzene rings is 1. The zero-order valence-electron chi connectivity index (χ0n) is 10.5. The molecule has 4 heteroatoms. The number of rotatable bonds is 5. The predicted molar refractivity (Wildman–Crippen MR) is 75.8 cm³/mol. The van der Waals surface area contributed by atoms with Crippen LogP contribution in [0.4, 0.5) is 0 Å². The van der Waals surface area contributed by atoms with E-state index in [9.17, 15) is 0 Å². The van der Waals surface area contributed by atoms with Gasteiger partial charge in [0.05, 0.1) is 5.52 Å². The first kappa shape index (κ1) is 11.9. The third-order valence-electron chi connectivity index (χ3n) is 3.47. The first-order chi connectivity index (χ1) is 8.88. The van der Waals surface area contributed by atoms with Crippen molar-refractivity contribution in [3.8, 4) is 0 Å². The summed E-state index contributed by atoms with van der Waals surface area (Å²) in [6.45, 7) is 0. The molecule has 0 amide bonds. The molecular weight excluding hydrogens is 242 g/mol. The predicted octanol–water partition coefficient (Wildman–Crippen LogP) is 2.72. The van der Waals surface area contributed by atoms with Crippen LogP contribution in [0.3, 0.4) is 0 Å². The lowest BCUT2D eigenvalue weighted by Crippen LogP contribution is -2.29. The molecule has 0 aliphatic heterocycles. The molecule has 2 aromatic rings. The second-order valence-corrected chi connectivity index (χ2v) is 5.75. The molecule has 18 heavy (non-hydrogen) atoms. The van der Waals surface area contributed by atoms with Crippen LogP contribution in [0.15, 0.2) is 35.6 Å². The van der Waals surface area contributed by atoms with Crippen molar-refractivity contribution < 1.29 is 0 Å². The molecule has 3 nitrogen and oxygen atoms in total. The van der Waals surface area contributed by atoms with E-state index in [1.54, 1.807) is 6.33 Å². The average molecular weight is 259 g/mol. The van der Waals surface area contributed by atoms with E-state index in [4.69, 9.17) is 0 Å². The van der Waals surface area contributed by atoms with Gasteiger partial charge in [0, 0.05) is 17.2 Å². The van der Waals surface area contributed by atoms with E-state index in [0.717, 1.165) is 27.6 Å². The fourth-order valence-corrected chi connectivity index (χ4v) is 3.44. The van der Waals surface area contributed by atoms with Crippen LogP contribution in [0.25, 0.3) is 10.9 Å². The van der Waals surface area contributed by atoms with Crippen molar-refractivity contribution in [1.82, 2.24) is 15.3 Å². The van der Waals surface area contributed by atoms with E-state index in [2.05, 4.69) is 28.4 Å². The van der Waals surface area contributed by atoms with Crippen LogP contribution < -0.4 is 5.32 Å². The van der Waals surface area contributed by atoms with Crippen molar-refractivity contribution in [3.63, 3.8) is 0 Å². The summed E-state index contributed by atoms with van der Waals surface area (Å²) in [6.07, 6.45) is 4.41. The lowest BCUT2D eigenvalue weighted by molar-refractivity contribution is 0.553. The van der Waals surface area contributed by atoms with E-state index < -0.39 is 0 Å². The van der Waals surface area contributed by atoms with Crippen LogP contribution in [0.2, 0.25) is 0 Å². The van der Waals surface area contributed by atoms with Crippen LogP contribution in [-0.2, 0) is 0 Å². The van der Waals surface area contributed by atoms with Crippen molar-refractivity contribution in [3.05, 3.63) is 30.6 Å². The van der Waals surface area contributed by atoms with Crippen LogP contribution in [-0.4, -0.2) is 28.8 Å².